The third kappa shape index (κ3) is 4.64. The molecule has 4 nitrogen and oxygen atoms in total. The summed E-state index contributed by atoms with van der Waals surface area (Å²) in [7, 11) is 0. The summed E-state index contributed by atoms with van der Waals surface area (Å²) in [5, 5.41) is 0. The molecule has 1 unspecified atom stereocenters. The number of likely N-dealkylation sites (tertiary alicyclic amines) is 1. The molecule has 5 rings (SSSR count). The van der Waals surface area contributed by atoms with Crippen molar-refractivity contribution in [2.24, 2.45) is 0 Å². The molecular formula is C27H31FN2O2. The number of rotatable bonds is 6. The first-order valence-corrected chi connectivity index (χ1v) is 11.9. The minimum Gasteiger partial charge on any atom is -0.351 e. The molecule has 0 saturated carbocycles. The maximum Gasteiger partial charge on any atom is 0.252 e. The summed E-state index contributed by atoms with van der Waals surface area (Å²) >= 11 is 0. The van der Waals surface area contributed by atoms with Gasteiger partial charge in [0.2, 0.25) is 0 Å². The molecule has 5 heteroatoms. The highest BCUT2D eigenvalue weighted by molar-refractivity contribution is 5.97. The number of carbonyl (C=O) groups is 1. The number of carbonyl (C=O) groups excluding carboxylic acids is 1. The van der Waals surface area contributed by atoms with Gasteiger partial charge in [0.1, 0.15) is 5.82 Å². The van der Waals surface area contributed by atoms with Crippen LogP contribution in [0.2, 0.25) is 0 Å². The lowest BCUT2D eigenvalue weighted by Gasteiger charge is -2.36. The van der Waals surface area contributed by atoms with E-state index >= 15 is 0 Å². The standard InChI is InChI=1S/C27H31FN2O2/c28-22-12-10-21(11-13-22)19-30-26(31)24-8-4-5-9-25(24)27(30)32-23-14-16-29(17-15-23)18-20-6-2-1-3-7-20/h1-3,6-7,10-13,23,27H,4-5,8-9,14-19H2. The molecule has 3 aliphatic rings. The van der Waals surface area contributed by atoms with Gasteiger partial charge in [-0.05, 0) is 67.4 Å². The average Bonchev–Trinajstić information content (AvgIpc) is 3.08. The van der Waals surface area contributed by atoms with Crippen molar-refractivity contribution >= 4 is 5.91 Å². The molecule has 1 saturated heterocycles. The van der Waals surface area contributed by atoms with E-state index in [2.05, 4.69) is 35.2 Å². The van der Waals surface area contributed by atoms with E-state index in [1.165, 1.54) is 23.3 Å². The van der Waals surface area contributed by atoms with Crippen LogP contribution in [0.25, 0.3) is 0 Å². The minimum atomic E-state index is -0.270. The van der Waals surface area contributed by atoms with Crippen LogP contribution in [0.1, 0.15) is 49.7 Å². The molecule has 2 aromatic rings. The van der Waals surface area contributed by atoms with E-state index in [0.717, 1.165) is 69.3 Å². The van der Waals surface area contributed by atoms with Gasteiger partial charge < -0.3 is 9.64 Å². The first kappa shape index (κ1) is 21.4. The van der Waals surface area contributed by atoms with Crippen molar-refractivity contribution < 1.29 is 13.9 Å². The van der Waals surface area contributed by atoms with Crippen LogP contribution in [0.4, 0.5) is 4.39 Å². The Morgan fingerprint density at radius 1 is 0.875 bits per heavy atom. The summed E-state index contributed by atoms with van der Waals surface area (Å²) in [5.74, 6) is -0.149. The van der Waals surface area contributed by atoms with Gasteiger partial charge in [-0.3, -0.25) is 9.69 Å². The van der Waals surface area contributed by atoms with Crippen molar-refractivity contribution in [2.45, 2.75) is 63.9 Å². The highest BCUT2D eigenvalue weighted by Crippen LogP contribution is 2.39. The van der Waals surface area contributed by atoms with Gasteiger partial charge in [0, 0.05) is 31.8 Å². The molecule has 2 aliphatic heterocycles. The third-order valence-corrected chi connectivity index (χ3v) is 6.98. The zero-order valence-corrected chi connectivity index (χ0v) is 18.5. The Kier molecular flexibility index (Phi) is 6.37. The monoisotopic (exact) mass is 434 g/mol. The molecule has 2 aromatic carbocycles. The van der Waals surface area contributed by atoms with E-state index in [9.17, 15) is 9.18 Å². The van der Waals surface area contributed by atoms with E-state index < -0.39 is 0 Å². The quantitative estimate of drug-likeness (QED) is 0.638. The molecule has 1 aliphatic carbocycles. The van der Waals surface area contributed by atoms with Gasteiger partial charge in [-0.25, -0.2) is 4.39 Å². The summed E-state index contributed by atoms with van der Waals surface area (Å²) in [6.45, 7) is 3.44. The fourth-order valence-electron chi connectivity index (χ4n) is 5.24. The zero-order chi connectivity index (χ0) is 21.9. The maximum atomic E-state index is 13.4. The molecule has 2 heterocycles. The normalized spacial score (nSPS) is 22.5. The summed E-state index contributed by atoms with van der Waals surface area (Å²) in [6, 6.07) is 17.0. The van der Waals surface area contributed by atoms with Crippen molar-refractivity contribution in [2.75, 3.05) is 13.1 Å². The average molecular weight is 435 g/mol. The summed E-state index contributed by atoms with van der Waals surface area (Å²) in [4.78, 5) is 17.6. The van der Waals surface area contributed by atoms with Gasteiger partial charge in [-0.15, -0.1) is 0 Å². The van der Waals surface area contributed by atoms with Crippen LogP contribution in [-0.4, -0.2) is 41.1 Å². The highest BCUT2D eigenvalue weighted by Gasteiger charge is 2.41. The van der Waals surface area contributed by atoms with Crippen LogP contribution in [0.15, 0.2) is 65.7 Å². The molecular weight excluding hydrogens is 403 g/mol. The molecule has 32 heavy (non-hydrogen) atoms. The number of hydrogen-bond donors (Lipinski definition) is 0. The fourth-order valence-corrected chi connectivity index (χ4v) is 5.24. The molecule has 1 fully saturated rings. The molecule has 0 bridgehead atoms. The number of halogens is 1. The van der Waals surface area contributed by atoms with Crippen LogP contribution in [0, 0.1) is 5.82 Å². The lowest BCUT2D eigenvalue weighted by molar-refractivity contribution is -0.143. The molecule has 1 atom stereocenters. The largest absolute Gasteiger partial charge is 0.351 e. The first-order chi connectivity index (χ1) is 15.7. The Morgan fingerprint density at radius 2 is 1.56 bits per heavy atom. The van der Waals surface area contributed by atoms with Crippen LogP contribution >= 0.6 is 0 Å². The van der Waals surface area contributed by atoms with Gasteiger partial charge in [-0.2, -0.15) is 0 Å². The van der Waals surface area contributed by atoms with E-state index in [4.69, 9.17) is 4.74 Å². The summed E-state index contributed by atoms with van der Waals surface area (Å²) < 4.78 is 20.0. The number of ether oxygens (including phenoxy) is 1. The van der Waals surface area contributed by atoms with Crippen molar-refractivity contribution in [3.05, 3.63) is 82.7 Å². The number of piperidine rings is 1. The number of nitrogens with zero attached hydrogens (tertiary/aromatic N) is 2. The van der Waals surface area contributed by atoms with Crippen LogP contribution in [0.5, 0.6) is 0 Å². The lowest BCUT2D eigenvalue weighted by atomic mass is 9.93. The second-order valence-electron chi connectivity index (χ2n) is 9.22. The van der Waals surface area contributed by atoms with E-state index in [-0.39, 0.29) is 24.1 Å². The third-order valence-electron chi connectivity index (χ3n) is 6.98. The first-order valence-electron chi connectivity index (χ1n) is 11.9. The number of benzene rings is 2. The Labute approximate surface area is 189 Å². The van der Waals surface area contributed by atoms with E-state index in [0.29, 0.717) is 6.54 Å². The molecule has 0 spiro atoms. The predicted molar refractivity (Wildman–Crippen MR) is 122 cm³/mol. The van der Waals surface area contributed by atoms with Gasteiger partial charge in [0.05, 0.1) is 6.10 Å². The van der Waals surface area contributed by atoms with Crippen LogP contribution in [0.3, 0.4) is 0 Å². The highest BCUT2D eigenvalue weighted by atomic mass is 19.1. The van der Waals surface area contributed by atoms with Gasteiger partial charge in [0.15, 0.2) is 6.23 Å². The van der Waals surface area contributed by atoms with Crippen molar-refractivity contribution in [3.8, 4) is 0 Å². The van der Waals surface area contributed by atoms with Crippen LogP contribution in [-0.2, 0) is 22.6 Å². The molecule has 0 N–H and O–H groups in total. The van der Waals surface area contributed by atoms with Crippen molar-refractivity contribution in [1.29, 1.82) is 0 Å². The topological polar surface area (TPSA) is 32.8 Å². The smallest absolute Gasteiger partial charge is 0.252 e. The molecule has 0 radical (unpaired) electrons. The maximum absolute atomic E-state index is 13.4. The van der Waals surface area contributed by atoms with E-state index in [1.54, 1.807) is 12.1 Å². The Hall–Kier alpha value is -2.50. The van der Waals surface area contributed by atoms with Gasteiger partial charge in [0.25, 0.3) is 5.91 Å². The Morgan fingerprint density at radius 3 is 2.31 bits per heavy atom. The number of amides is 1. The minimum absolute atomic E-state index is 0.107. The summed E-state index contributed by atoms with van der Waals surface area (Å²) in [6.07, 6.45) is 5.82. The second-order valence-corrected chi connectivity index (χ2v) is 9.22. The Balaban J connectivity index is 1.25. The van der Waals surface area contributed by atoms with E-state index in [1.807, 2.05) is 4.90 Å². The Bertz CT molecular complexity index is 965. The molecule has 1 amide bonds. The van der Waals surface area contributed by atoms with Crippen molar-refractivity contribution in [1.82, 2.24) is 9.80 Å². The number of hydrogen-bond acceptors (Lipinski definition) is 3. The lowest BCUT2D eigenvalue weighted by Crippen LogP contribution is -2.43. The predicted octanol–water partition coefficient (Wildman–Crippen LogP) is 5.05. The molecule has 168 valence electrons. The van der Waals surface area contributed by atoms with Gasteiger partial charge in [-0.1, -0.05) is 42.5 Å². The SMILES string of the molecule is O=C1C2=C(CCCC2)C(OC2CCN(Cc3ccccc3)CC2)N1Cc1ccc(F)cc1. The van der Waals surface area contributed by atoms with Gasteiger partial charge >= 0.3 is 0 Å². The second kappa shape index (κ2) is 9.55. The van der Waals surface area contributed by atoms with Crippen LogP contribution < -0.4 is 0 Å². The molecule has 0 aromatic heterocycles. The zero-order valence-electron chi connectivity index (χ0n) is 18.5. The fraction of sp³-hybridized carbons (Fsp3) is 0.444. The van der Waals surface area contributed by atoms with Crippen molar-refractivity contribution in [3.63, 3.8) is 0 Å². The summed E-state index contributed by atoms with van der Waals surface area (Å²) in [5.41, 5.74) is 4.43.